The first-order valence-corrected chi connectivity index (χ1v) is 19.1. The van der Waals surface area contributed by atoms with E-state index in [-0.39, 0.29) is 0 Å². The Kier molecular flexibility index (Phi) is 6.32. The number of furan rings is 2. The van der Waals surface area contributed by atoms with Gasteiger partial charge in [-0.2, -0.15) is 0 Å². The van der Waals surface area contributed by atoms with E-state index in [1.807, 2.05) is 0 Å². The molecule has 0 radical (unpaired) electrons. The van der Waals surface area contributed by atoms with Crippen molar-refractivity contribution in [1.29, 1.82) is 0 Å². The Bertz CT molecular complexity index is 3380. The lowest BCUT2D eigenvalue weighted by Crippen LogP contribution is -2.31. The van der Waals surface area contributed by atoms with E-state index >= 15 is 0 Å². The number of fused-ring (bicyclic) bond motifs is 13. The fourth-order valence-corrected chi connectivity index (χ4v) is 9.59. The molecule has 0 atom stereocenters. The van der Waals surface area contributed by atoms with Crippen LogP contribution < -0.4 is 10.4 Å². The fourth-order valence-electron chi connectivity index (χ4n) is 9.59. The van der Waals surface area contributed by atoms with Gasteiger partial charge in [0.25, 0.3) is 0 Å². The maximum absolute atomic E-state index is 6.71. The van der Waals surface area contributed by atoms with Gasteiger partial charge in [-0.1, -0.05) is 133 Å². The minimum absolute atomic E-state index is 0.877. The van der Waals surface area contributed by atoms with Gasteiger partial charge in [0.1, 0.15) is 22.5 Å². The molecule has 10 aromatic rings. The lowest BCUT2D eigenvalue weighted by atomic mass is 9.84. The molecular formula is C52H34O2. The van der Waals surface area contributed by atoms with E-state index in [1.165, 1.54) is 76.1 Å². The van der Waals surface area contributed by atoms with Crippen LogP contribution in [0.5, 0.6) is 0 Å². The molecule has 0 spiro atoms. The zero-order valence-corrected chi connectivity index (χ0v) is 29.7. The minimum atomic E-state index is 0.877. The molecule has 0 aliphatic heterocycles. The number of benzene rings is 8. The largest absolute Gasteiger partial charge is 0.456 e. The highest BCUT2D eigenvalue weighted by Gasteiger charge is 2.24. The molecule has 0 bridgehead atoms. The molecule has 0 N–H and O–H groups in total. The van der Waals surface area contributed by atoms with Crippen molar-refractivity contribution in [2.45, 2.75) is 25.7 Å². The summed E-state index contributed by atoms with van der Waals surface area (Å²) < 4.78 is 13.4. The van der Waals surface area contributed by atoms with Crippen molar-refractivity contribution in [3.8, 4) is 33.4 Å². The maximum Gasteiger partial charge on any atom is 0.147 e. The van der Waals surface area contributed by atoms with Gasteiger partial charge < -0.3 is 8.83 Å². The van der Waals surface area contributed by atoms with Crippen LogP contribution in [0.15, 0.2) is 148 Å². The predicted octanol–water partition coefficient (Wildman–Crippen LogP) is 13.1. The van der Waals surface area contributed by atoms with Crippen LogP contribution in [0.2, 0.25) is 0 Å². The SMILES string of the molecule is C1=Cc2oc3c(c2CC1)c1ccccc1c1oc2ccc(-c4cccc(-c5c6c(c(-c7cccc8ccccc78)c7ccccc57)=CCCC=6)c4)cc2c13. The second-order valence-electron chi connectivity index (χ2n) is 14.9. The molecule has 0 unspecified atom stereocenters. The Morgan fingerprint density at radius 3 is 2.00 bits per heavy atom. The number of hydrogen-bond donors (Lipinski definition) is 0. The molecule has 254 valence electrons. The molecule has 8 aromatic carbocycles. The van der Waals surface area contributed by atoms with E-state index in [0.29, 0.717) is 0 Å². The molecule has 2 aliphatic carbocycles. The third-order valence-electron chi connectivity index (χ3n) is 11.9. The van der Waals surface area contributed by atoms with Crippen LogP contribution in [0.25, 0.3) is 117 Å². The van der Waals surface area contributed by atoms with Crippen LogP contribution in [-0.4, -0.2) is 0 Å². The lowest BCUT2D eigenvalue weighted by molar-refractivity contribution is 0.598. The summed E-state index contributed by atoms with van der Waals surface area (Å²) in [5.74, 6) is 0.975. The number of allylic oxidation sites excluding steroid dienone is 1. The second kappa shape index (κ2) is 11.4. The Hall–Kier alpha value is -6.64. The third-order valence-corrected chi connectivity index (χ3v) is 11.9. The van der Waals surface area contributed by atoms with Crippen molar-refractivity contribution < 1.29 is 8.83 Å². The molecule has 12 rings (SSSR count). The number of rotatable bonds is 3. The molecule has 2 nitrogen and oxygen atoms in total. The van der Waals surface area contributed by atoms with E-state index in [2.05, 4.69) is 158 Å². The summed E-state index contributed by atoms with van der Waals surface area (Å²) in [7, 11) is 0. The number of hydrogen-bond acceptors (Lipinski definition) is 2. The molecule has 0 saturated heterocycles. The van der Waals surface area contributed by atoms with Gasteiger partial charge in [-0.3, -0.25) is 0 Å². The van der Waals surface area contributed by atoms with E-state index in [4.69, 9.17) is 8.83 Å². The Labute approximate surface area is 311 Å². The highest BCUT2D eigenvalue weighted by atomic mass is 16.3. The van der Waals surface area contributed by atoms with Gasteiger partial charge in [-0.05, 0) is 121 Å². The zero-order chi connectivity index (χ0) is 35.3. The molecular weight excluding hydrogens is 657 g/mol. The second-order valence-corrected chi connectivity index (χ2v) is 14.9. The van der Waals surface area contributed by atoms with E-state index in [0.717, 1.165) is 69.9 Å². The van der Waals surface area contributed by atoms with Crippen LogP contribution >= 0.6 is 0 Å². The van der Waals surface area contributed by atoms with Gasteiger partial charge in [-0.25, -0.2) is 0 Å². The average Bonchev–Trinajstić information content (AvgIpc) is 3.82. The molecule has 2 heterocycles. The summed E-state index contributed by atoms with van der Waals surface area (Å²) in [4.78, 5) is 0. The van der Waals surface area contributed by atoms with Crippen molar-refractivity contribution >= 4 is 83.5 Å². The maximum atomic E-state index is 6.71. The van der Waals surface area contributed by atoms with Crippen molar-refractivity contribution in [3.05, 3.63) is 161 Å². The first-order valence-electron chi connectivity index (χ1n) is 19.1. The van der Waals surface area contributed by atoms with E-state index in [1.54, 1.807) is 0 Å². The Balaban J connectivity index is 1.09. The Morgan fingerprint density at radius 2 is 1.13 bits per heavy atom. The topological polar surface area (TPSA) is 26.3 Å². The van der Waals surface area contributed by atoms with Crippen LogP contribution in [0.3, 0.4) is 0 Å². The van der Waals surface area contributed by atoms with E-state index < -0.39 is 0 Å². The van der Waals surface area contributed by atoms with Crippen molar-refractivity contribution in [1.82, 2.24) is 0 Å². The standard InChI is InChI=1S/C52H34O2/c1-2-17-35-31(13-1)14-12-25-36(35)48-39-20-5-3-18-37(39)47(38-19-4-6-21-40(38)48)34-16-11-15-32(29-34)33-27-28-46-44(30-33)50-51(53-46)42-23-8-7-22-41(42)49-43-24-9-10-26-45(43)54-52(49)50/h1-3,5,7-8,10-23,25-30H,4,6,9,24H2. The zero-order valence-electron chi connectivity index (χ0n) is 29.7. The monoisotopic (exact) mass is 690 g/mol. The highest BCUT2D eigenvalue weighted by molar-refractivity contribution is 6.30. The minimum Gasteiger partial charge on any atom is -0.456 e. The highest BCUT2D eigenvalue weighted by Crippen LogP contribution is 2.46. The third kappa shape index (κ3) is 4.22. The van der Waals surface area contributed by atoms with Gasteiger partial charge in [0.15, 0.2) is 0 Å². The van der Waals surface area contributed by atoms with Gasteiger partial charge in [0.2, 0.25) is 0 Å². The summed E-state index contributed by atoms with van der Waals surface area (Å²) in [6.07, 6.45) is 13.4. The predicted molar refractivity (Wildman–Crippen MR) is 227 cm³/mol. The molecule has 2 aliphatic rings. The van der Waals surface area contributed by atoms with Crippen LogP contribution in [0.4, 0.5) is 0 Å². The van der Waals surface area contributed by atoms with Crippen LogP contribution in [0, 0.1) is 0 Å². The Morgan fingerprint density at radius 1 is 0.444 bits per heavy atom. The molecule has 0 saturated carbocycles. The lowest BCUT2D eigenvalue weighted by Gasteiger charge is -2.19. The first kappa shape index (κ1) is 29.9. The number of aryl methyl sites for hydroxylation is 1. The van der Waals surface area contributed by atoms with Crippen LogP contribution in [0.1, 0.15) is 30.6 Å². The smallest absolute Gasteiger partial charge is 0.147 e. The molecule has 0 amide bonds. The quantitative estimate of drug-likeness (QED) is 0.184. The van der Waals surface area contributed by atoms with Crippen molar-refractivity contribution in [3.63, 3.8) is 0 Å². The van der Waals surface area contributed by atoms with Crippen molar-refractivity contribution in [2.75, 3.05) is 0 Å². The summed E-state index contributed by atoms with van der Waals surface area (Å²) in [6.45, 7) is 0. The molecule has 2 aromatic heterocycles. The van der Waals surface area contributed by atoms with E-state index in [9.17, 15) is 0 Å². The molecule has 2 heteroatoms. The van der Waals surface area contributed by atoms with Crippen molar-refractivity contribution in [2.24, 2.45) is 0 Å². The van der Waals surface area contributed by atoms with Gasteiger partial charge in [0.05, 0.1) is 5.39 Å². The molecule has 0 fully saturated rings. The van der Waals surface area contributed by atoms with Gasteiger partial charge in [-0.15, -0.1) is 0 Å². The van der Waals surface area contributed by atoms with Gasteiger partial charge in [0, 0.05) is 21.7 Å². The summed E-state index contributed by atoms with van der Waals surface area (Å²) in [6, 6.07) is 48.9. The first-order chi connectivity index (χ1) is 26.8. The normalized spacial score (nSPS) is 13.9. The summed E-state index contributed by atoms with van der Waals surface area (Å²) in [5.41, 5.74) is 11.5. The molecule has 54 heavy (non-hydrogen) atoms. The summed E-state index contributed by atoms with van der Waals surface area (Å²) >= 11 is 0. The average molecular weight is 691 g/mol. The summed E-state index contributed by atoms with van der Waals surface area (Å²) in [5, 5.41) is 13.5. The van der Waals surface area contributed by atoms with Gasteiger partial charge >= 0.3 is 0 Å². The van der Waals surface area contributed by atoms with Crippen LogP contribution in [-0.2, 0) is 6.42 Å². The fraction of sp³-hybridized carbons (Fsp3) is 0.0769.